The zero-order valence-corrected chi connectivity index (χ0v) is 34.7. The van der Waals surface area contributed by atoms with E-state index in [2.05, 4.69) is 67.0 Å². The van der Waals surface area contributed by atoms with E-state index in [1.165, 1.54) is 15.9 Å². The van der Waals surface area contributed by atoms with Gasteiger partial charge in [-0.05, 0) is 92.8 Å². The number of aryl methyl sites for hydroxylation is 1. The summed E-state index contributed by atoms with van der Waals surface area (Å²) in [6.45, 7) is 9.48. The summed E-state index contributed by atoms with van der Waals surface area (Å²) in [6.07, 6.45) is 2.79. The van der Waals surface area contributed by atoms with Crippen LogP contribution in [-0.4, -0.2) is 95.1 Å². The summed E-state index contributed by atoms with van der Waals surface area (Å²) in [7, 11) is 1.74. The lowest BCUT2D eigenvalue weighted by Gasteiger charge is -2.40. The SMILES string of the molecule is C[C@@H]1CNc2c(sc3ccc4nc(-c5ccc(N6CCC(CN7CCN(c8ccc9c(c8)n(C)c(=O)n9C8CCC(=O)NC8=O)CC7)CC6)cc5Cl)ccc4c23)C(=O)N1. The average Bonchev–Trinajstić information content (AvgIpc) is 3.69. The van der Waals surface area contributed by atoms with Gasteiger partial charge in [0, 0.05) is 104 Å². The highest BCUT2D eigenvalue weighted by atomic mass is 35.5. The van der Waals surface area contributed by atoms with E-state index in [1.807, 2.05) is 31.2 Å². The van der Waals surface area contributed by atoms with Crippen molar-refractivity contribution in [1.82, 2.24) is 29.7 Å². The number of aromatic nitrogens is 3. The molecular weight excluding hydrogens is 786 g/mol. The summed E-state index contributed by atoms with van der Waals surface area (Å²) >= 11 is 8.50. The van der Waals surface area contributed by atoms with Gasteiger partial charge in [0.1, 0.15) is 10.9 Å². The largest absolute Gasteiger partial charge is 0.381 e. The number of carbonyl (C=O) groups excluding carboxylic acids is 3. The van der Waals surface area contributed by atoms with E-state index < -0.39 is 11.9 Å². The van der Waals surface area contributed by atoms with Crippen molar-refractivity contribution in [2.75, 3.05) is 67.5 Å². The lowest BCUT2D eigenvalue weighted by Crippen LogP contribution is -2.49. The normalized spacial score (nSPS) is 20.8. The molecule has 3 amide bonds. The molecule has 0 spiro atoms. The number of pyridine rings is 1. The summed E-state index contributed by atoms with van der Waals surface area (Å²) in [6, 6.07) is 19.9. The molecule has 6 aromatic rings. The van der Waals surface area contributed by atoms with Gasteiger partial charge in [-0.3, -0.25) is 33.7 Å². The lowest BCUT2D eigenvalue weighted by atomic mass is 9.95. The molecule has 1 unspecified atom stereocenters. The Hall–Kier alpha value is -5.44. The number of nitrogens with one attached hydrogen (secondary N) is 3. The quantitative estimate of drug-likeness (QED) is 0.173. The average molecular weight is 832 g/mol. The Morgan fingerprint density at radius 2 is 1.61 bits per heavy atom. The van der Waals surface area contributed by atoms with Gasteiger partial charge in [0.2, 0.25) is 11.8 Å². The van der Waals surface area contributed by atoms with E-state index in [0.717, 1.165) is 113 Å². The molecular formula is C44H46ClN9O4S. The number of rotatable bonds is 6. The zero-order valence-electron chi connectivity index (χ0n) is 33.1. The predicted molar refractivity (Wildman–Crippen MR) is 235 cm³/mol. The Morgan fingerprint density at radius 3 is 2.39 bits per heavy atom. The van der Waals surface area contributed by atoms with E-state index >= 15 is 0 Å². The van der Waals surface area contributed by atoms with E-state index in [1.54, 1.807) is 11.6 Å². The Labute approximate surface area is 349 Å². The highest BCUT2D eigenvalue weighted by Crippen LogP contribution is 2.42. The molecule has 10 rings (SSSR count). The highest BCUT2D eigenvalue weighted by Gasteiger charge is 2.32. The summed E-state index contributed by atoms with van der Waals surface area (Å²) in [5.41, 5.74) is 6.93. The van der Waals surface area contributed by atoms with Crippen LogP contribution < -0.4 is 31.4 Å². The number of carbonyl (C=O) groups is 3. The number of hydrogen-bond acceptors (Lipinski definition) is 10. The molecule has 304 valence electrons. The summed E-state index contributed by atoms with van der Waals surface area (Å²) in [4.78, 5) is 63.6. The van der Waals surface area contributed by atoms with Gasteiger partial charge < -0.3 is 20.4 Å². The fourth-order valence-corrected chi connectivity index (χ4v) is 10.9. The molecule has 4 aliphatic rings. The number of nitrogens with zero attached hydrogens (tertiary/aromatic N) is 6. The van der Waals surface area contributed by atoms with Gasteiger partial charge in [0.05, 0.1) is 33.0 Å². The molecule has 0 saturated carbocycles. The minimum atomic E-state index is -0.687. The summed E-state index contributed by atoms with van der Waals surface area (Å²) in [5.74, 6) is -0.118. The molecule has 3 aromatic heterocycles. The molecule has 0 bridgehead atoms. The number of amides is 3. The van der Waals surface area contributed by atoms with Crippen LogP contribution in [0.2, 0.25) is 5.02 Å². The fourth-order valence-electron chi connectivity index (χ4n) is 9.49. The number of piperazine rings is 1. The molecule has 3 saturated heterocycles. The number of anilines is 3. The van der Waals surface area contributed by atoms with E-state index in [-0.39, 0.29) is 30.0 Å². The van der Waals surface area contributed by atoms with Crippen LogP contribution in [0.4, 0.5) is 17.1 Å². The molecule has 0 radical (unpaired) electrons. The van der Waals surface area contributed by atoms with Crippen molar-refractivity contribution in [2.45, 2.75) is 44.7 Å². The van der Waals surface area contributed by atoms with E-state index in [0.29, 0.717) is 34.3 Å². The van der Waals surface area contributed by atoms with Gasteiger partial charge in [-0.15, -0.1) is 11.3 Å². The van der Waals surface area contributed by atoms with Gasteiger partial charge in [-0.25, -0.2) is 9.78 Å². The second-order valence-corrected chi connectivity index (χ2v) is 18.0. The third-order valence-corrected chi connectivity index (χ3v) is 14.2. The third-order valence-electron chi connectivity index (χ3n) is 12.7. The van der Waals surface area contributed by atoms with Gasteiger partial charge in [-0.2, -0.15) is 0 Å². The maximum atomic E-state index is 13.2. The van der Waals surface area contributed by atoms with Crippen molar-refractivity contribution in [1.29, 1.82) is 0 Å². The van der Waals surface area contributed by atoms with Crippen LogP contribution in [0.5, 0.6) is 0 Å². The third kappa shape index (κ3) is 6.80. The van der Waals surface area contributed by atoms with E-state index in [4.69, 9.17) is 16.6 Å². The molecule has 7 heterocycles. The van der Waals surface area contributed by atoms with Crippen molar-refractivity contribution in [3.63, 3.8) is 0 Å². The van der Waals surface area contributed by atoms with Gasteiger partial charge in [0.15, 0.2) is 0 Å². The predicted octanol–water partition coefficient (Wildman–Crippen LogP) is 5.98. The molecule has 2 atom stereocenters. The number of piperidine rings is 2. The first kappa shape index (κ1) is 37.8. The number of fused-ring (bicyclic) bond motifs is 6. The first-order valence-corrected chi connectivity index (χ1v) is 21.8. The van der Waals surface area contributed by atoms with Gasteiger partial charge in [-0.1, -0.05) is 11.6 Å². The summed E-state index contributed by atoms with van der Waals surface area (Å²) in [5, 5.41) is 11.7. The first-order valence-electron chi connectivity index (χ1n) is 20.6. The van der Waals surface area contributed by atoms with Crippen molar-refractivity contribution >= 4 is 89.7 Å². The smallest absolute Gasteiger partial charge is 0.329 e. The first-order chi connectivity index (χ1) is 28.6. The van der Waals surface area contributed by atoms with Crippen molar-refractivity contribution in [3.05, 3.63) is 81.0 Å². The molecule has 13 nitrogen and oxygen atoms in total. The Bertz CT molecular complexity index is 2740. The molecule has 15 heteroatoms. The maximum absolute atomic E-state index is 13.2. The molecule has 0 aliphatic carbocycles. The maximum Gasteiger partial charge on any atom is 0.329 e. The monoisotopic (exact) mass is 831 g/mol. The standard InChI is InChI=1S/C44H46ClN9O4S/c1-25-23-46-40-39-30-6-7-32(48-33(30)8-11-37(39)59-41(40)43(57)47-25)29-5-3-27(21-31(29)45)52-15-13-26(14-16-52)24-51-17-19-53(20-18-51)28-4-9-34-36(22-28)50(2)44(58)54(34)35-10-12-38(55)49-42(35)56/h3-9,11,21-22,25-26,35,46H,10,12-20,23-24H2,1-2H3,(H,47,57)(H,49,55,56)/t25-,35?/m1/s1. The van der Waals surface area contributed by atoms with Crippen LogP contribution in [0, 0.1) is 5.92 Å². The minimum absolute atomic E-state index is 0.0335. The second kappa shape index (κ2) is 15.0. The van der Waals surface area contributed by atoms with Crippen LogP contribution in [0.25, 0.3) is 43.3 Å². The van der Waals surface area contributed by atoms with Crippen LogP contribution in [0.1, 0.15) is 48.3 Å². The van der Waals surface area contributed by atoms with E-state index in [9.17, 15) is 19.2 Å². The van der Waals surface area contributed by atoms with Crippen molar-refractivity contribution < 1.29 is 14.4 Å². The minimum Gasteiger partial charge on any atom is -0.381 e. The number of thiophene rings is 1. The number of imide groups is 1. The number of benzene rings is 3. The Morgan fingerprint density at radius 1 is 0.847 bits per heavy atom. The highest BCUT2D eigenvalue weighted by molar-refractivity contribution is 7.21. The van der Waals surface area contributed by atoms with Gasteiger partial charge >= 0.3 is 5.69 Å². The molecule has 59 heavy (non-hydrogen) atoms. The van der Waals surface area contributed by atoms with Crippen LogP contribution in [0.3, 0.4) is 0 Å². The van der Waals surface area contributed by atoms with Crippen LogP contribution in [-0.2, 0) is 16.6 Å². The van der Waals surface area contributed by atoms with Crippen LogP contribution >= 0.6 is 22.9 Å². The Balaban J connectivity index is 0.755. The van der Waals surface area contributed by atoms with Crippen molar-refractivity contribution in [2.24, 2.45) is 13.0 Å². The molecule has 3 N–H and O–H groups in total. The number of imidazole rings is 1. The zero-order chi connectivity index (χ0) is 40.5. The number of hydrogen-bond donors (Lipinski definition) is 3. The lowest BCUT2D eigenvalue weighted by molar-refractivity contribution is -0.135. The molecule has 4 aliphatic heterocycles. The second-order valence-electron chi connectivity index (χ2n) is 16.5. The molecule has 3 aromatic carbocycles. The number of halogens is 1. The Kier molecular flexibility index (Phi) is 9.60. The van der Waals surface area contributed by atoms with Crippen molar-refractivity contribution in [3.8, 4) is 11.3 Å². The van der Waals surface area contributed by atoms with Gasteiger partial charge in [0.25, 0.3) is 5.91 Å². The topological polar surface area (TPSA) is 137 Å². The molecule has 3 fully saturated rings. The fraction of sp³-hybridized carbons (Fsp3) is 0.386. The van der Waals surface area contributed by atoms with Crippen LogP contribution in [0.15, 0.2) is 65.5 Å². The summed E-state index contributed by atoms with van der Waals surface area (Å²) < 4.78 is 4.20.